The van der Waals surface area contributed by atoms with Crippen molar-refractivity contribution in [2.45, 2.75) is 19.4 Å². The van der Waals surface area contributed by atoms with Gasteiger partial charge in [0.15, 0.2) is 5.76 Å². The number of benzene rings is 2. The minimum atomic E-state index is -0.351. The van der Waals surface area contributed by atoms with Gasteiger partial charge in [-0.3, -0.25) is 9.59 Å². The third-order valence-electron chi connectivity index (χ3n) is 5.04. The SMILES string of the molecule is Cc1ccc(C(=O)NCC(Cc2ccccc2)N(C)C)cc1NC(=O)c1ccco1. The first-order valence-electron chi connectivity index (χ1n) is 9.88. The van der Waals surface area contributed by atoms with Gasteiger partial charge in [-0.25, -0.2) is 0 Å². The van der Waals surface area contributed by atoms with Crippen molar-refractivity contribution in [3.8, 4) is 0 Å². The molecule has 0 fully saturated rings. The molecule has 6 heteroatoms. The van der Waals surface area contributed by atoms with Crippen LogP contribution in [0.4, 0.5) is 5.69 Å². The molecule has 1 atom stereocenters. The zero-order valence-corrected chi connectivity index (χ0v) is 17.5. The van der Waals surface area contributed by atoms with Crippen molar-refractivity contribution in [2.24, 2.45) is 0 Å². The van der Waals surface area contributed by atoms with Gasteiger partial charge >= 0.3 is 0 Å². The molecule has 1 unspecified atom stereocenters. The molecule has 0 bridgehead atoms. The van der Waals surface area contributed by atoms with E-state index in [4.69, 9.17) is 4.42 Å². The van der Waals surface area contributed by atoms with Gasteiger partial charge in [-0.1, -0.05) is 36.4 Å². The van der Waals surface area contributed by atoms with E-state index in [1.165, 1.54) is 11.8 Å². The number of amides is 2. The maximum absolute atomic E-state index is 12.7. The van der Waals surface area contributed by atoms with Gasteiger partial charge in [-0.05, 0) is 62.8 Å². The molecule has 3 aromatic rings. The van der Waals surface area contributed by atoms with Crippen LogP contribution in [0.25, 0.3) is 0 Å². The van der Waals surface area contributed by atoms with Gasteiger partial charge in [-0.2, -0.15) is 0 Å². The van der Waals surface area contributed by atoms with Crippen LogP contribution >= 0.6 is 0 Å². The Balaban J connectivity index is 1.65. The van der Waals surface area contributed by atoms with Crippen molar-refractivity contribution in [2.75, 3.05) is 26.0 Å². The number of carbonyl (C=O) groups is 2. The molecule has 30 heavy (non-hydrogen) atoms. The summed E-state index contributed by atoms with van der Waals surface area (Å²) in [6.45, 7) is 2.39. The Morgan fingerprint density at radius 2 is 1.77 bits per heavy atom. The molecule has 0 radical (unpaired) electrons. The van der Waals surface area contributed by atoms with E-state index >= 15 is 0 Å². The van der Waals surface area contributed by atoms with Gasteiger partial charge in [0.1, 0.15) is 0 Å². The first kappa shape index (κ1) is 21.3. The number of likely N-dealkylation sites (N-methyl/N-ethyl adjacent to an activating group) is 1. The van der Waals surface area contributed by atoms with Gasteiger partial charge in [0, 0.05) is 23.8 Å². The summed E-state index contributed by atoms with van der Waals surface area (Å²) in [6.07, 6.45) is 2.29. The highest BCUT2D eigenvalue weighted by Gasteiger charge is 2.16. The molecule has 2 aromatic carbocycles. The smallest absolute Gasteiger partial charge is 0.291 e. The third kappa shape index (κ3) is 5.58. The lowest BCUT2D eigenvalue weighted by Crippen LogP contribution is -2.41. The van der Waals surface area contributed by atoms with Gasteiger partial charge in [-0.15, -0.1) is 0 Å². The van der Waals surface area contributed by atoms with Crippen LogP contribution in [0.1, 0.15) is 32.0 Å². The van der Waals surface area contributed by atoms with E-state index in [2.05, 4.69) is 27.7 Å². The van der Waals surface area contributed by atoms with E-state index < -0.39 is 0 Å². The lowest BCUT2D eigenvalue weighted by molar-refractivity contribution is 0.0940. The van der Waals surface area contributed by atoms with Crippen LogP contribution in [0.2, 0.25) is 0 Å². The number of rotatable bonds is 8. The van der Waals surface area contributed by atoms with Crippen molar-refractivity contribution in [1.82, 2.24) is 10.2 Å². The van der Waals surface area contributed by atoms with E-state index in [0.717, 1.165) is 12.0 Å². The Morgan fingerprint density at radius 1 is 1.00 bits per heavy atom. The predicted octanol–water partition coefficient (Wildman–Crippen LogP) is 3.74. The molecule has 2 N–H and O–H groups in total. The summed E-state index contributed by atoms with van der Waals surface area (Å²) >= 11 is 0. The number of hydrogen-bond donors (Lipinski definition) is 2. The van der Waals surface area contributed by atoms with Crippen molar-refractivity contribution in [3.63, 3.8) is 0 Å². The van der Waals surface area contributed by atoms with Crippen molar-refractivity contribution in [3.05, 3.63) is 89.4 Å². The fourth-order valence-electron chi connectivity index (χ4n) is 3.13. The molecule has 156 valence electrons. The van der Waals surface area contributed by atoms with Crippen LogP contribution < -0.4 is 10.6 Å². The molecule has 0 saturated carbocycles. The lowest BCUT2D eigenvalue weighted by atomic mass is 10.0. The van der Waals surface area contributed by atoms with Gasteiger partial charge in [0.2, 0.25) is 0 Å². The fraction of sp³-hybridized carbons (Fsp3) is 0.250. The van der Waals surface area contributed by atoms with E-state index in [1.807, 2.05) is 45.3 Å². The molecular weight excluding hydrogens is 378 g/mol. The highest BCUT2D eigenvalue weighted by Crippen LogP contribution is 2.18. The van der Waals surface area contributed by atoms with E-state index in [-0.39, 0.29) is 23.6 Å². The summed E-state index contributed by atoms with van der Waals surface area (Å²) in [7, 11) is 4.02. The average molecular weight is 405 g/mol. The quantitative estimate of drug-likeness (QED) is 0.599. The summed E-state index contributed by atoms with van der Waals surface area (Å²) in [4.78, 5) is 27.1. The summed E-state index contributed by atoms with van der Waals surface area (Å²) in [5.74, 6) is -0.307. The Labute approximate surface area is 176 Å². The standard InChI is InChI=1S/C24H27N3O3/c1-17-11-12-19(15-21(17)26-24(29)22-10-7-13-30-22)23(28)25-16-20(27(2)3)14-18-8-5-4-6-9-18/h4-13,15,20H,14,16H2,1-3H3,(H,25,28)(H,26,29). The monoisotopic (exact) mass is 405 g/mol. The van der Waals surface area contributed by atoms with Crippen LogP contribution in [0, 0.1) is 6.92 Å². The number of aryl methyl sites for hydroxylation is 1. The molecule has 1 aromatic heterocycles. The molecule has 0 aliphatic rings. The summed E-state index contributed by atoms with van der Waals surface area (Å²) in [6, 6.07) is 18.9. The van der Waals surface area contributed by atoms with Gasteiger partial charge in [0.05, 0.1) is 6.26 Å². The summed E-state index contributed by atoms with van der Waals surface area (Å²) < 4.78 is 5.13. The molecule has 6 nitrogen and oxygen atoms in total. The fourth-order valence-corrected chi connectivity index (χ4v) is 3.13. The van der Waals surface area contributed by atoms with E-state index in [9.17, 15) is 9.59 Å². The number of hydrogen-bond acceptors (Lipinski definition) is 4. The Kier molecular flexibility index (Phi) is 7.03. The molecule has 0 aliphatic carbocycles. The number of furan rings is 1. The molecule has 3 rings (SSSR count). The topological polar surface area (TPSA) is 74.6 Å². The first-order chi connectivity index (χ1) is 14.4. The minimum Gasteiger partial charge on any atom is -0.459 e. The molecule has 0 saturated heterocycles. The zero-order valence-electron chi connectivity index (χ0n) is 17.5. The maximum atomic E-state index is 12.7. The van der Waals surface area contributed by atoms with Gasteiger partial charge in [0.25, 0.3) is 11.8 Å². The Hall–Kier alpha value is -3.38. The predicted molar refractivity (Wildman–Crippen MR) is 118 cm³/mol. The van der Waals surface area contributed by atoms with Crippen LogP contribution in [0.15, 0.2) is 71.3 Å². The normalized spacial score (nSPS) is 11.9. The zero-order chi connectivity index (χ0) is 21.5. The summed E-state index contributed by atoms with van der Waals surface area (Å²) in [5, 5.41) is 5.82. The highest BCUT2D eigenvalue weighted by atomic mass is 16.3. The van der Waals surface area contributed by atoms with Crippen LogP contribution in [0.3, 0.4) is 0 Å². The van der Waals surface area contributed by atoms with E-state index in [1.54, 1.807) is 24.3 Å². The maximum Gasteiger partial charge on any atom is 0.291 e. The number of nitrogens with zero attached hydrogens (tertiary/aromatic N) is 1. The number of anilines is 1. The molecule has 1 heterocycles. The van der Waals surface area contributed by atoms with E-state index in [0.29, 0.717) is 17.8 Å². The second kappa shape index (κ2) is 9.89. The lowest BCUT2D eigenvalue weighted by Gasteiger charge is -2.25. The average Bonchev–Trinajstić information content (AvgIpc) is 3.28. The Morgan fingerprint density at radius 3 is 2.43 bits per heavy atom. The third-order valence-corrected chi connectivity index (χ3v) is 5.04. The number of nitrogens with one attached hydrogen (secondary N) is 2. The van der Waals surface area contributed by atoms with Crippen molar-refractivity contribution < 1.29 is 14.0 Å². The van der Waals surface area contributed by atoms with Gasteiger partial charge < -0.3 is 20.0 Å². The highest BCUT2D eigenvalue weighted by molar-refractivity contribution is 6.03. The summed E-state index contributed by atoms with van der Waals surface area (Å²) in [5.41, 5.74) is 3.16. The largest absolute Gasteiger partial charge is 0.459 e. The number of carbonyl (C=O) groups excluding carboxylic acids is 2. The first-order valence-corrected chi connectivity index (χ1v) is 9.88. The minimum absolute atomic E-state index is 0.167. The van der Waals surface area contributed by atoms with Crippen molar-refractivity contribution in [1.29, 1.82) is 0 Å². The molecule has 2 amide bonds. The molecule has 0 spiro atoms. The second-order valence-electron chi connectivity index (χ2n) is 7.48. The molecule has 0 aliphatic heterocycles. The van der Waals surface area contributed by atoms with Crippen molar-refractivity contribution >= 4 is 17.5 Å². The Bertz CT molecular complexity index is 982. The van der Waals surface area contributed by atoms with Crippen LogP contribution in [0.5, 0.6) is 0 Å². The molecular formula is C24H27N3O3. The van der Waals surface area contributed by atoms with Crippen LogP contribution in [-0.2, 0) is 6.42 Å². The van der Waals surface area contributed by atoms with Crippen LogP contribution in [-0.4, -0.2) is 43.4 Å². The second-order valence-corrected chi connectivity index (χ2v) is 7.48.